The number of nitrogens with one attached hydrogen (secondary N) is 6. The topological polar surface area (TPSA) is 231 Å². The van der Waals surface area contributed by atoms with Crippen molar-refractivity contribution in [2.24, 2.45) is 7.05 Å². The van der Waals surface area contributed by atoms with Crippen LogP contribution in [0.25, 0.3) is 50.7 Å². The maximum absolute atomic E-state index is 13.5. The molecular formula is C91H98FN21O3S. The third kappa shape index (κ3) is 20.9. The van der Waals surface area contributed by atoms with Gasteiger partial charge in [-0.3, -0.25) is 19.4 Å². The molecule has 0 atom stereocenters. The lowest BCUT2D eigenvalue weighted by molar-refractivity contribution is 0.237. The number of pyridine rings is 3. The van der Waals surface area contributed by atoms with E-state index in [1.54, 1.807) is 17.4 Å². The van der Waals surface area contributed by atoms with Crippen molar-refractivity contribution < 1.29 is 18.6 Å². The molecule has 6 N–H and O–H groups in total. The number of hydrogen-bond acceptors (Lipinski definition) is 21. The van der Waals surface area contributed by atoms with Gasteiger partial charge in [-0.2, -0.15) is 20.1 Å². The van der Waals surface area contributed by atoms with Gasteiger partial charge in [-0.05, 0) is 268 Å². The summed E-state index contributed by atoms with van der Waals surface area (Å²) in [4.78, 5) is 27.2. The van der Waals surface area contributed by atoms with Gasteiger partial charge in [0.2, 0.25) is 17.8 Å². The Balaban J connectivity index is 0.000000131. The highest BCUT2D eigenvalue weighted by atomic mass is 32.1. The monoisotopic (exact) mass is 1580 g/mol. The lowest BCUT2D eigenvalue weighted by Crippen LogP contribution is -2.25. The zero-order valence-electron chi connectivity index (χ0n) is 66.5. The van der Waals surface area contributed by atoms with Gasteiger partial charge in [-0.15, -0.1) is 26.6 Å². The zero-order chi connectivity index (χ0) is 79.7. The van der Waals surface area contributed by atoms with Crippen molar-refractivity contribution >= 4 is 80.2 Å². The minimum atomic E-state index is -0.234. The average Bonchev–Trinajstić information content (AvgIpc) is 1.68. The molecule has 0 spiro atoms. The number of fused-ring (bicyclic) bond motifs is 3. The highest BCUT2D eigenvalue weighted by molar-refractivity contribution is 7.11. The van der Waals surface area contributed by atoms with Gasteiger partial charge in [-0.1, -0.05) is 66.7 Å². The lowest BCUT2D eigenvalue weighted by atomic mass is 10.1. The van der Waals surface area contributed by atoms with Crippen molar-refractivity contribution in [2.45, 2.75) is 78.9 Å². The van der Waals surface area contributed by atoms with Crippen LogP contribution in [0.15, 0.2) is 231 Å². The number of nitrogens with zero attached hydrogens (tertiary/aromatic N) is 15. The number of aromatic nitrogens is 12. The van der Waals surface area contributed by atoms with Crippen molar-refractivity contribution in [1.82, 2.24) is 73.3 Å². The molecule has 8 aromatic heterocycles. The number of likely N-dealkylation sites (tertiary alicyclic amines) is 3. The van der Waals surface area contributed by atoms with Gasteiger partial charge in [0, 0.05) is 88.9 Å². The van der Waals surface area contributed by atoms with E-state index >= 15 is 0 Å². The van der Waals surface area contributed by atoms with E-state index in [9.17, 15) is 4.39 Å². The van der Waals surface area contributed by atoms with E-state index < -0.39 is 0 Å². The van der Waals surface area contributed by atoms with Crippen molar-refractivity contribution in [1.29, 1.82) is 0 Å². The SMILES string of the molecule is Cc1cc(CNc2cccc(-c3cccc4nc(Nc5ccc(OCCN6CCCC6)cc5)nn34)c2)n(C)n1.Cc1nc(C)c(CNc2cccc(-c3cccc4nc(Nc5ccc(OCCN6CCCC6)cc5)nn34)c2)s1.Fc1cccc(CNc2cccc(-c3cccc4nc(Nc5ccc(OCCN6CCCC6)cc5)nn34)c2)c1. The van der Waals surface area contributed by atoms with Gasteiger partial charge in [-0.25, -0.2) is 22.9 Å². The minimum absolute atomic E-state index is 0.234. The molecule has 3 aliphatic heterocycles. The number of anilines is 9. The van der Waals surface area contributed by atoms with Gasteiger partial charge in [0.1, 0.15) is 42.9 Å². The highest BCUT2D eigenvalue weighted by Crippen LogP contribution is 2.32. The number of aryl methyl sites for hydroxylation is 4. The fourth-order valence-electron chi connectivity index (χ4n) is 14.9. The molecule has 0 unspecified atom stereocenters. The quantitative estimate of drug-likeness (QED) is 0.0246. The first-order valence-corrected chi connectivity index (χ1v) is 41.2. The largest absolute Gasteiger partial charge is 0.492 e. The second-order valence-electron chi connectivity index (χ2n) is 29.6. The number of rotatable bonds is 30. The second-order valence-corrected chi connectivity index (χ2v) is 30.9. The molecule has 117 heavy (non-hydrogen) atoms. The van der Waals surface area contributed by atoms with Gasteiger partial charge in [0.05, 0.1) is 52.3 Å². The number of halogens is 1. The van der Waals surface area contributed by atoms with E-state index in [0.717, 1.165) is 156 Å². The van der Waals surface area contributed by atoms with E-state index in [0.29, 0.717) is 50.8 Å². The summed E-state index contributed by atoms with van der Waals surface area (Å²) in [5.74, 6) is 3.99. The van der Waals surface area contributed by atoms with Gasteiger partial charge < -0.3 is 46.1 Å². The second kappa shape index (κ2) is 37.7. The molecule has 3 saturated heterocycles. The fourth-order valence-corrected chi connectivity index (χ4v) is 15.8. The third-order valence-electron chi connectivity index (χ3n) is 20.9. The minimum Gasteiger partial charge on any atom is -0.492 e. The lowest BCUT2D eigenvalue weighted by Gasteiger charge is -2.15. The van der Waals surface area contributed by atoms with Crippen LogP contribution in [0.5, 0.6) is 17.2 Å². The van der Waals surface area contributed by atoms with Crippen LogP contribution in [0.4, 0.5) is 56.4 Å². The Morgan fingerprint density at radius 1 is 0.376 bits per heavy atom. The molecule has 0 aliphatic carbocycles. The predicted molar refractivity (Wildman–Crippen MR) is 466 cm³/mol. The number of benzene rings is 7. The summed E-state index contributed by atoms with van der Waals surface area (Å²) in [7, 11) is 1.97. The summed E-state index contributed by atoms with van der Waals surface area (Å²) in [5.41, 5.74) is 18.2. The third-order valence-corrected chi connectivity index (χ3v) is 22.0. The fraction of sp³-hybridized carbons (Fsp3) is 0.275. The molecule has 0 amide bonds. The molecule has 3 fully saturated rings. The van der Waals surface area contributed by atoms with Crippen molar-refractivity contribution in [3.05, 3.63) is 269 Å². The molecule has 7 aromatic carbocycles. The molecule has 18 rings (SSSR count). The van der Waals surface area contributed by atoms with Crippen molar-refractivity contribution in [2.75, 3.05) is 111 Å². The Bertz CT molecular complexity index is 5530. The number of ether oxygens (including phenoxy) is 3. The smallest absolute Gasteiger partial charge is 0.247 e. The van der Waals surface area contributed by atoms with Crippen LogP contribution in [0.1, 0.15) is 71.1 Å². The Morgan fingerprint density at radius 3 is 1.12 bits per heavy atom. The molecular weight excluding hydrogens is 1490 g/mol. The van der Waals surface area contributed by atoms with E-state index in [1.165, 1.54) is 94.8 Å². The molecule has 11 heterocycles. The summed E-state index contributed by atoms with van der Waals surface area (Å²) in [6.45, 7) is 20.3. The van der Waals surface area contributed by atoms with Crippen LogP contribution in [0, 0.1) is 26.6 Å². The average molecular weight is 1580 g/mol. The van der Waals surface area contributed by atoms with Gasteiger partial charge >= 0.3 is 0 Å². The first-order chi connectivity index (χ1) is 57.4. The van der Waals surface area contributed by atoms with Crippen LogP contribution in [-0.2, 0) is 26.7 Å². The van der Waals surface area contributed by atoms with Crippen molar-refractivity contribution in [3.63, 3.8) is 0 Å². The zero-order valence-corrected chi connectivity index (χ0v) is 67.3. The molecule has 3 aliphatic rings. The molecule has 0 bridgehead atoms. The van der Waals surface area contributed by atoms with E-state index in [-0.39, 0.29) is 5.82 Å². The summed E-state index contributed by atoms with van der Waals surface area (Å²) >= 11 is 1.74. The van der Waals surface area contributed by atoms with E-state index in [4.69, 9.17) is 39.5 Å². The van der Waals surface area contributed by atoms with Crippen LogP contribution in [0.2, 0.25) is 0 Å². The van der Waals surface area contributed by atoms with E-state index in [1.807, 2.05) is 179 Å². The predicted octanol–water partition coefficient (Wildman–Crippen LogP) is 17.9. The molecule has 0 radical (unpaired) electrons. The highest BCUT2D eigenvalue weighted by Gasteiger charge is 2.19. The van der Waals surface area contributed by atoms with Crippen LogP contribution < -0.4 is 46.1 Å². The maximum atomic E-state index is 13.5. The molecule has 24 nitrogen and oxygen atoms in total. The number of thiazole rings is 1. The van der Waals surface area contributed by atoms with Gasteiger partial charge in [0.15, 0.2) is 16.9 Å². The summed E-state index contributed by atoms with van der Waals surface area (Å²) < 4.78 is 38.8. The Labute approximate surface area is 684 Å². The molecule has 598 valence electrons. The first-order valence-electron chi connectivity index (χ1n) is 40.3. The van der Waals surface area contributed by atoms with E-state index in [2.05, 4.69) is 141 Å². The van der Waals surface area contributed by atoms with Crippen molar-refractivity contribution in [3.8, 4) is 51.0 Å². The number of hydrogen-bond donors (Lipinski definition) is 6. The standard InChI is InChI=1S/C31H31FN6O.C30H34N8O.C30H33N7OS/c32-25-8-3-6-23(20-25)22-33-27-9-4-7-24(21-27)29-10-5-11-30-35-31(36-38(29)30)34-26-12-14-28(15-13-26)39-19-18-37-16-1-2-17-37;1-22-19-26(36(2)34-22)21-31-25-8-5-7-23(20-25)28-9-6-10-29-33-30(35-38(28)29)32-24-11-13-27(14-12-24)39-18-17-37-15-3-4-16-37;1-21-28(39-22(2)32-21)20-31-25-8-5-7-23(19-25)27-9-6-10-29-34-30(35-37(27)29)33-24-11-13-26(14-12-24)38-18-17-36-15-3-4-16-36/h3-15,20-21,33H,1-2,16-19,22H2,(H,34,36);5-14,19-20,31H,3-4,15-18,21H2,1-2H3,(H,32,35);5-14,19,31H,3-4,15-18,20H2,1-2H3,(H,33,35). The Hall–Kier alpha value is -12.8. The first kappa shape index (κ1) is 78.2. The molecule has 15 aromatic rings. The maximum Gasteiger partial charge on any atom is 0.247 e. The Morgan fingerprint density at radius 2 is 0.752 bits per heavy atom. The summed E-state index contributed by atoms with van der Waals surface area (Å²) in [6.07, 6.45) is 7.79. The summed E-state index contributed by atoms with van der Waals surface area (Å²) in [6, 6.07) is 75.4. The van der Waals surface area contributed by atoms with Crippen LogP contribution in [0.3, 0.4) is 0 Å². The normalized spacial score (nSPS) is 13.6. The Kier molecular flexibility index (Phi) is 25.2. The summed E-state index contributed by atoms with van der Waals surface area (Å²) in [5, 5.41) is 40.2. The molecule has 0 saturated carbocycles. The van der Waals surface area contributed by atoms with Crippen LogP contribution >= 0.6 is 11.3 Å². The van der Waals surface area contributed by atoms with Crippen LogP contribution in [-0.4, -0.2) is 152 Å². The van der Waals surface area contributed by atoms with Gasteiger partial charge in [0.25, 0.3) is 0 Å². The molecule has 26 heteroatoms.